The number of carbonyl (C=O) groups excluding carboxylic acids is 3. The number of H-pyrrole nitrogens is 1. The second-order valence-electron chi connectivity index (χ2n) is 7.75. The Morgan fingerprint density at radius 3 is 2.56 bits per heavy atom. The number of para-hydroxylation sites is 1. The molecule has 1 aliphatic rings. The molecular formula is C24H25N5O5. The average Bonchev–Trinajstić information content (AvgIpc) is 2.88. The number of fused-ring (bicyclic) bond motifs is 1. The minimum absolute atomic E-state index is 0.0336. The first-order valence-electron chi connectivity index (χ1n) is 11.0. The number of rotatable bonds is 6. The van der Waals surface area contributed by atoms with E-state index < -0.39 is 11.9 Å². The number of piperazine rings is 1. The number of carbonyl (C=O) groups is 3. The summed E-state index contributed by atoms with van der Waals surface area (Å²) >= 11 is 0. The Morgan fingerprint density at radius 2 is 1.85 bits per heavy atom. The number of hydrogen-bond donors (Lipinski definition) is 2. The molecule has 0 spiro atoms. The zero-order valence-corrected chi connectivity index (χ0v) is 18.7. The lowest BCUT2D eigenvalue weighted by Gasteiger charge is -2.35. The first-order valence-corrected chi connectivity index (χ1v) is 11.0. The van der Waals surface area contributed by atoms with Crippen molar-refractivity contribution in [3.05, 3.63) is 70.1 Å². The maximum absolute atomic E-state index is 12.6. The summed E-state index contributed by atoms with van der Waals surface area (Å²) in [5, 5.41) is 2.97. The maximum atomic E-state index is 12.6. The van der Waals surface area contributed by atoms with Crippen molar-refractivity contribution in [2.75, 3.05) is 44.2 Å². The molecule has 0 unspecified atom stereocenters. The summed E-state index contributed by atoms with van der Waals surface area (Å²) in [6.45, 7) is 3.91. The minimum atomic E-state index is -0.593. The van der Waals surface area contributed by atoms with E-state index in [4.69, 9.17) is 4.74 Å². The number of hydrogen-bond acceptors (Lipinski definition) is 7. The first kappa shape index (κ1) is 23.0. The van der Waals surface area contributed by atoms with E-state index in [1.54, 1.807) is 48.2 Å². The molecule has 1 aromatic carbocycles. The van der Waals surface area contributed by atoms with Gasteiger partial charge in [0.1, 0.15) is 11.4 Å². The smallest absolute Gasteiger partial charge is 0.339 e. The molecule has 10 heteroatoms. The van der Waals surface area contributed by atoms with Gasteiger partial charge in [-0.3, -0.25) is 14.4 Å². The van der Waals surface area contributed by atoms with Crippen LogP contribution >= 0.6 is 0 Å². The molecule has 1 aliphatic heterocycles. The molecule has 34 heavy (non-hydrogen) atoms. The van der Waals surface area contributed by atoms with Crippen molar-refractivity contribution >= 4 is 34.5 Å². The van der Waals surface area contributed by atoms with E-state index in [1.807, 2.05) is 4.90 Å². The van der Waals surface area contributed by atoms with Crippen LogP contribution in [0.3, 0.4) is 0 Å². The van der Waals surface area contributed by atoms with Gasteiger partial charge in [0.2, 0.25) is 11.3 Å². The van der Waals surface area contributed by atoms with Crippen LogP contribution in [0, 0.1) is 0 Å². The van der Waals surface area contributed by atoms with Crippen LogP contribution in [0.25, 0.3) is 10.9 Å². The van der Waals surface area contributed by atoms with Gasteiger partial charge in [0.05, 0.1) is 18.7 Å². The van der Waals surface area contributed by atoms with Gasteiger partial charge in [0.15, 0.2) is 0 Å². The van der Waals surface area contributed by atoms with Crippen LogP contribution < -0.4 is 15.6 Å². The van der Waals surface area contributed by atoms with Crippen molar-refractivity contribution < 1.29 is 19.1 Å². The number of ether oxygens (including phenoxy) is 1. The number of amides is 2. The Balaban J connectivity index is 1.29. The molecule has 3 aromatic rings. The maximum Gasteiger partial charge on any atom is 0.339 e. The first-order chi connectivity index (χ1) is 16.5. The highest BCUT2D eigenvalue weighted by atomic mass is 16.5. The highest BCUT2D eigenvalue weighted by molar-refractivity contribution is 5.98. The van der Waals surface area contributed by atoms with Crippen molar-refractivity contribution in [1.29, 1.82) is 0 Å². The van der Waals surface area contributed by atoms with Crippen LogP contribution in [0.15, 0.2) is 53.6 Å². The van der Waals surface area contributed by atoms with Gasteiger partial charge in [-0.05, 0) is 31.2 Å². The molecule has 2 aromatic heterocycles. The van der Waals surface area contributed by atoms with Crippen LogP contribution in [0.5, 0.6) is 0 Å². The Hall–Kier alpha value is -4.21. The third-order valence-corrected chi connectivity index (χ3v) is 5.65. The fraction of sp³-hybridized carbons (Fsp3) is 0.292. The quantitative estimate of drug-likeness (QED) is 0.526. The van der Waals surface area contributed by atoms with Crippen molar-refractivity contribution in [1.82, 2.24) is 20.2 Å². The Kier molecular flexibility index (Phi) is 6.86. The largest absolute Gasteiger partial charge is 0.462 e. The number of nitrogens with one attached hydrogen (secondary N) is 2. The zero-order valence-electron chi connectivity index (χ0n) is 18.7. The van der Waals surface area contributed by atoms with E-state index in [2.05, 4.69) is 15.3 Å². The van der Waals surface area contributed by atoms with Crippen LogP contribution in [0.2, 0.25) is 0 Å². The topological polar surface area (TPSA) is 125 Å². The molecule has 0 saturated carbocycles. The predicted molar refractivity (Wildman–Crippen MR) is 126 cm³/mol. The van der Waals surface area contributed by atoms with Gasteiger partial charge in [-0.2, -0.15) is 0 Å². The van der Waals surface area contributed by atoms with Crippen LogP contribution in [0.1, 0.15) is 27.6 Å². The monoisotopic (exact) mass is 463 g/mol. The average molecular weight is 463 g/mol. The van der Waals surface area contributed by atoms with E-state index in [0.29, 0.717) is 55.1 Å². The predicted octanol–water partition coefficient (Wildman–Crippen LogP) is 1.18. The molecular weight excluding hydrogens is 438 g/mol. The van der Waals surface area contributed by atoms with Crippen LogP contribution in [-0.4, -0.2) is 72.0 Å². The fourth-order valence-electron chi connectivity index (χ4n) is 3.79. The van der Waals surface area contributed by atoms with E-state index in [-0.39, 0.29) is 23.4 Å². The fourth-order valence-corrected chi connectivity index (χ4v) is 3.79. The van der Waals surface area contributed by atoms with Crippen molar-refractivity contribution in [2.45, 2.75) is 6.92 Å². The number of pyridine rings is 2. The van der Waals surface area contributed by atoms with Gasteiger partial charge >= 0.3 is 5.97 Å². The van der Waals surface area contributed by atoms with Gasteiger partial charge in [0, 0.05) is 49.5 Å². The molecule has 3 heterocycles. The summed E-state index contributed by atoms with van der Waals surface area (Å²) in [4.78, 5) is 60.4. The van der Waals surface area contributed by atoms with E-state index in [1.165, 1.54) is 12.4 Å². The standard InChI is InChI=1S/C24H25N5O5/c1-2-34-24(33)16-7-8-20(26-13-16)28-9-11-29(12-10-28)21(30)15-27-23(32)18-14-25-19-6-4-3-5-17(19)22(18)31/h3-8,13-14H,2,9-12,15H2,1H3,(H,25,31)(H,27,32). The second-order valence-corrected chi connectivity index (χ2v) is 7.75. The van der Waals surface area contributed by atoms with Crippen molar-refractivity contribution in [2.24, 2.45) is 0 Å². The lowest BCUT2D eigenvalue weighted by molar-refractivity contribution is -0.130. The van der Waals surface area contributed by atoms with Crippen LogP contribution in [-0.2, 0) is 9.53 Å². The van der Waals surface area contributed by atoms with Gasteiger partial charge in [-0.25, -0.2) is 9.78 Å². The lowest BCUT2D eigenvalue weighted by Crippen LogP contribution is -2.51. The molecule has 0 bridgehead atoms. The molecule has 0 aliphatic carbocycles. The Bertz CT molecular complexity index is 1260. The SMILES string of the molecule is CCOC(=O)c1ccc(N2CCN(C(=O)CNC(=O)c3c[nH]c4ccccc4c3=O)CC2)nc1. The van der Waals surface area contributed by atoms with Gasteiger partial charge in [-0.15, -0.1) is 0 Å². The molecule has 2 N–H and O–H groups in total. The number of aromatic nitrogens is 2. The summed E-state index contributed by atoms with van der Waals surface area (Å²) < 4.78 is 4.96. The van der Waals surface area contributed by atoms with Gasteiger partial charge in [-0.1, -0.05) is 12.1 Å². The highest BCUT2D eigenvalue weighted by Gasteiger charge is 2.23. The highest BCUT2D eigenvalue weighted by Crippen LogP contribution is 2.15. The summed E-state index contributed by atoms with van der Waals surface area (Å²) in [5.41, 5.74) is 0.617. The number of nitrogens with zero attached hydrogens (tertiary/aromatic N) is 3. The molecule has 10 nitrogen and oxygen atoms in total. The van der Waals surface area contributed by atoms with Crippen molar-refractivity contribution in [3.63, 3.8) is 0 Å². The number of esters is 1. The molecule has 2 amide bonds. The van der Waals surface area contributed by atoms with E-state index >= 15 is 0 Å². The zero-order chi connectivity index (χ0) is 24.1. The Labute approximate surface area is 195 Å². The molecule has 1 saturated heterocycles. The van der Waals surface area contributed by atoms with E-state index in [0.717, 1.165) is 0 Å². The van der Waals surface area contributed by atoms with E-state index in [9.17, 15) is 19.2 Å². The second kappa shape index (κ2) is 10.2. The molecule has 0 radical (unpaired) electrons. The summed E-state index contributed by atoms with van der Waals surface area (Å²) in [6, 6.07) is 10.4. The van der Waals surface area contributed by atoms with Gasteiger partial charge in [0.25, 0.3) is 5.91 Å². The third kappa shape index (κ3) is 4.90. The summed E-state index contributed by atoms with van der Waals surface area (Å²) in [6.07, 6.45) is 2.85. The Morgan fingerprint density at radius 1 is 1.09 bits per heavy atom. The normalized spacial score (nSPS) is 13.6. The van der Waals surface area contributed by atoms with Gasteiger partial charge < -0.3 is 24.8 Å². The van der Waals surface area contributed by atoms with Crippen molar-refractivity contribution in [3.8, 4) is 0 Å². The lowest BCUT2D eigenvalue weighted by atomic mass is 10.1. The molecule has 0 atom stereocenters. The molecule has 176 valence electrons. The minimum Gasteiger partial charge on any atom is -0.462 e. The molecule has 4 rings (SSSR count). The third-order valence-electron chi connectivity index (χ3n) is 5.65. The number of anilines is 1. The molecule has 1 fully saturated rings. The number of benzene rings is 1. The summed E-state index contributed by atoms with van der Waals surface area (Å²) in [5.74, 6) is -0.519. The summed E-state index contributed by atoms with van der Waals surface area (Å²) in [7, 11) is 0. The number of aromatic amines is 1. The van der Waals surface area contributed by atoms with Crippen LogP contribution in [0.4, 0.5) is 5.82 Å².